The van der Waals surface area contributed by atoms with Gasteiger partial charge < -0.3 is 19.4 Å². The summed E-state index contributed by atoms with van der Waals surface area (Å²) in [5.41, 5.74) is 3.74. The third-order valence-electron chi connectivity index (χ3n) is 7.11. The van der Waals surface area contributed by atoms with Crippen LogP contribution in [0.2, 0.25) is 0 Å². The van der Waals surface area contributed by atoms with Gasteiger partial charge in [-0.3, -0.25) is 9.36 Å². The Balaban J connectivity index is 1.33. The summed E-state index contributed by atoms with van der Waals surface area (Å²) < 4.78 is 28.7. The molecule has 10 heteroatoms. The van der Waals surface area contributed by atoms with Crippen LogP contribution in [0.15, 0.2) is 96.8 Å². The average molecular weight is 586 g/mol. The number of carbonyl (C=O) groups is 1. The lowest BCUT2D eigenvalue weighted by Crippen LogP contribution is -2.26. The molecular formula is C32H32FN5O3S. The first-order valence-corrected chi connectivity index (χ1v) is 14.4. The van der Waals surface area contributed by atoms with E-state index in [2.05, 4.69) is 24.1 Å². The van der Waals surface area contributed by atoms with Gasteiger partial charge >= 0.3 is 0 Å². The third-order valence-corrected chi connectivity index (χ3v) is 8.07. The molecule has 0 bridgehead atoms. The first-order chi connectivity index (χ1) is 20.3. The van der Waals surface area contributed by atoms with E-state index in [-0.39, 0.29) is 11.7 Å². The lowest BCUT2D eigenvalue weighted by Gasteiger charge is -2.28. The number of ether oxygens (including phenoxy) is 2. The summed E-state index contributed by atoms with van der Waals surface area (Å²) in [7, 11) is 3.22. The second-order valence-electron chi connectivity index (χ2n) is 10.1. The summed E-state index contributed by atoms with van der Waals surface area (Å²) in [4.78, 5) is 21.5. The second-order valence-corrected chi connectivity index (χ2v) is 11.1. The maximum absolute atomic E-state index is 13.8. The Kier molecular flexibility index (Phi) is 8.63. The maximum atomic E-state index is 13.8. The predicted octanol–water partition coefficient (Wildman–Crippen LogP) is 6.06. The molecule has 3 aromatic carbocycles. The maximum Gasteiger partial charge on any atom is 0.251 e. The number of hydrogen-bond donors (Lipinski definition) is 1. The van der Waals surface area contributed by atoms with Gasteiger partial charge in [0.1, 0.15) is 5.82 Å². The van der Waals surface area contributed by atoms with E-state index in [1.54, 1.807) is 51.0 Å². The number of amides is 1. The van der Waals surface area contributed by atoms with Crippen LogP contribution < -0.4 is 14.8 Å². The molecule has 0 spiro atoms. The molecule has 0 fully saturated rings. The van der Waals surface area contributed by atoms with Gasteiger partial charge in [0, 0.05) is 47.0 Å². The highest BCUT2D eigenvalue weighted by atomic mass is 32.2. The molecule has 0 aliphatic rings. The molecule has 0 atom stereocenters. The van der Waals surface area contributed by atoms with Crippen molar-refractivity contribution in [1.82, 2.24) is 24.4 Å². The zero-order chi connectivity index (χ0) is 29.7. The van der Waals surface area contributed by atoms with Crippen molar-refractivity contribution in [3.05, 3.63) is 114 Å². The van der Waals surface area contributed by atoms with Gasteiger partial charge in [-0.05, 0) is 66.2 Å². The van der Waals surface area contributed by atoms with E-state index >= 15 is 0 Å². The standard InChI is InChI=1S/C32H32FN5O3S/c1-32(2,23-7-14-27(40-3)28(19-23)41-4)29-20-36-31(38(29)26-12-8-24(33)9-13-26)42-18-16-35-30(39)22-5-10-25(11-6-22)37-17-15-34-21-37/h5-15,17,19-21H,16,18H2,1-4H3,(H,35,39). The fourth-order valence-corrected chi connectivity index (χ4v) is 5.54. The monoisotopic (exact) mass is 585 g/mol. The molecule has 42 heavy (non-hydrogen) atoms. The van der Waals surface area contributed by atoms with Crippen LogP contribution in [0.3, 0.4) is 0 Å². The van der Waals surface area contributed by atoms with E-state index < -0.39 is 5.41 Å². The van der Waals surface area contributed by atoms with E-state index in [0.29, 0.717) is 29.4 Å². The number of imidazole rings is 2. The van der Waals surface area contributed by atoms with E-state index in [4.69, 9.17) is 14.5 Å². The highest BCUT2D eigenvalue weighted by molar-refractivity contribution is 7.99. The first-order valence-electron chi connectivity index (χ1n) is 13.4. The first kappa shape index (κ1) is 28.9. The van der Waals surface area contributed by atoms with Crippen LogP contribution >= 0.6 is 11.8 Å². The SMILES string of the molecule is COc1ccc(C(C)(C)c2cnc(SCCNC(=O)c3ccc(-n4ccnc4)cc3)n2-c2ccc(F)cc2)cc1OC. The largest absolute Gasteiger partial charge is 0.493 e. The number of aromatic nitrogens is 4. The number of thioether (sulfide) groups is 1. The van der Waals surface area contributed by atoms with E-state index in [1.807, 2.05) is 51.9 Å². The normalized spacial score (nSPS) is 11.4. The minimum absolute atomic E-state index is 0.148. The van der Waals surface area contributed by atoms with Crippen LogP contribution in [0, 0.1) is 5.82 Å². The number of carbonyl (C=O) groups excluding carboxylic acids is 1. The zero-order valence-corrected chi connectivity index (χ0v) is 24.7. The van der Waals surface area contributed by atoms with Gasteiger partial charge in [-0.1, -0.05) is 31.7 Å². The Bertz CT molecular complexity index is 1650. The average Bonchev–Trinajstić information content (AvgIpc) is 3.71. The number of hydrogen-bond acceptors (Lipinski definition) is 6. The topological polar surface area (TPSA) is 83.2 Å². The molecule has 1 amide bonds. The Hall–Kier alpha value is -4.57. The zero-order valence-electron chi connectivity index (χ0n) is 23.9. The van der Waals surface area contributed by atoms with Crippen molar-refractivity contribution in [2.45, 2.75) is 24.4 Å². The lowest BCUT2D eigenvalue weighted by atomic mass is 9.81. The fourth-order valence-electron chi connectivity index (χ4n) is 4.70. The van der Waals surface area contributed by atoms with Gasteiger partial charge in [0.05, 0.1) is 32.4 Å². The van der Waals surface area contributed by atoms with Gasteiger partial charge in [0.2, 0.25) is 0 Å². The number of rotatable bonds is 11. The van der Waals surface area contributed by atoms with Crippen LogP contribution in [0.1, 0.15) is 35.5 Å². The molecule has 1 N–H and O–H groups in total. The molecule has 0 radical (unpaired) electrons. The predicted molar refractivity (Wildman–Crippen MR) is 162 cm³/mol. The molecule has 0 aliphatic carbocycles. The van der Waals surface area contributed by atoms with Gasteiger partial charge in [-0.2, -0.15) is 0 Å². The number of benzene rings is 3. The summed E-state index contributed by atoms with van der Waals surface area (Å²) in [5, 5.41) is 3.73. The van der Waals surface area contributed by atoms with Gasteiger partial charge in [-0.15, -0.1) is 0 Å². The molecule has 5 aromatic rings. The summed E-state index contributed by atoms with van der Waals surface area (Å²) >= 11 is 1.52. The number of halogens is 1. The van der Waals surface area contributed by atoms with Crippen LogP contribution in [0.4, 0.5) is 4.39 Å². The van der Waals surface area contributed by atoms with Gasteiger partial charge in [0.25, 0.3) is 5.91 Å². The summed E-state index contributed by atoms with van der Waals surface area (Å²) in [6, 6.07) is 19.6. The Morgan fingerprint density at radius 3 is 2.36 bits per heavy atom. The summed E-state index contributed by atoms with van der Waals surface area (Å²) in [5.74, 6) is 1.42. The number of nitrogens with one attached hydrogen (secondary N) is 1. The van der Waals surface area contributed by atoms with Crippen molar-refractivity contribution in [2.24, 2.45) is 0 Å². The van der Waals surface area contributed by atoms with Crippen LogP contribution in [0.25, 0.3) is 11.4 Å². The second kappa shape index (κ2) is 12.5. The highest BCUT2D eigenvalue weighted by Crippen LogP contribution is 2.39. The van der Waals surface area contributed by atoms with E-state index in [1.165, 1.54) is 23.9 Å². The van der Waals surface area contributed by atoms with Crippen LogP contribution in [-0.2, 0) is 5.41 Å². The van der Waals surface area contributed by atoms with E-state index in [0.717, 1.165) is 27.8 Å². The Morgan fingerprint density at radius 2 is 1.69 bits per heavy atom. The van der Waals surface area contributed by atoms with Crippen LogP contribution in [0.5, 0.6) is 11.5 Å². The highest BCUT2D eigenvalue weighted by Gasteiger charge is 2.30. The van der Waals surface area contributed by atoms with E-state index in [9.17, 15) is 9.18 Å². The number of methoxy groups -OCH3 is 2. The molecule has 0 saturated carbocycles. The number of nitrogens with zero attached hydrogens (tertiary/aromatic N) is 4. The van der Waals surface area contributed by atoms with Gasteiger partial charge in [-0.25, -0.2) is 14.4 Å². The van der Waals surface area contributed by atoms with Crippen molar-refractivity contribution < 1.29 is 18.7 Å². The molecule has 0 unspecified atom stereocenters. The van der Waals surface area contributed by atoms with Crippen molar-refractivity contribution in [1.29, 1.82) is 0 Å². The van der Waals surface area contributed by atoms with Crippen molar-refractivity contribution in [3.8, 4) is 22.9 Å². The molecule has 216 valence electrons. The molecule has 0 aliphatic heterocycles. The summed E-state index contributed by atoms with van der Waals surface area (Å²) in [6.45, 7) is 4.66. The molecule has 0 saturated heterocycles. The fraction of sp³-hybridized carbons (Fsp3) is 0.219. The molecule has 8 nitrogen and oxygen atoms in total. The molecule has 5 rings (SSSR count). The quantitative estimate of drug-likeness (QED) is 0.150. The van der Waals surface area contributed by atoms with Crippen molar-refractivity contribution >= 4 is 17.7 Å². The Labute approximate surface area is 248 Å². The Morgan fingerprint density at radius 1 is 0.976 bits per heavy atom. The van der Waals surface area contributed by atoms with Gasteiger partial charge in [0.15, 0.2) is 16.7 Å². The molecule has 2 heterocycles. The molecule has 2 aromatic heterocycles. The van der Waals surface area contributed by atoms with Crippen molar-refractivity contribution in [3.63, 3.8) is 0 Å². The third kappa shape index (κ3) is 6.03. The summed E-state index contributed by atoms with van der Waals surface area (Å²) in [6.07, 6.45) is 7.12. The lowest BCUT2D eigenvalue weighted by molar-refractivity contribution is 0.0956. The van der Waals surface area contributed by atoms with Crippen molar-refractivity contribution in [2.75, 3.05) is 26.5 Å². The smallest absolute Gasteiger partial charge is 0.251 e. The minimum Gasteiger partial charge on any atom is -0.493 e. The van der Waals surface area contributed by atoms with Crippen LogP contribution in [-0.4, -0.2) is 51.5 Å². The minimum atomic E-state index is -0.489. The molecular weight excluding hydrogens is 553 g/mol.